The standard InChI is InChI=1S/C26H19ClFN5O2/c1-14-10-19(7-9-21(14)28)30-25(35)15-2-5-18(6-3-15)31-26-29-13-16-11-23(34)32-22-12-17(27)4-8-20(22)24(16)33-26/h2-10,12-13H,11H2,1H3,(H,30,35)(H,32,34)(H,29,31,33). The highest BCUT2D eigenvalue weighted by molar-refractivity contribution is 6.31. The molecule has 3 aromatic carbocycles. The van der Waals surface area contributed by atoms with Gasteiger partial charge in [0.25, 0.3) is 5.91 Å². The molecule has 0 fully saturated rings. The molecule has 1 aliphatic heterocycles. The van der Waals surface area contributed by atoms with E-state index in [1.54, 1.807) is 55.6 Å². The number of aryl methyl sites for hydroxylation is 1. The minimum absolute atomic E-state index is 0.152. The van der Waals surface area contributed by atoms with E-state index in [-0.39, 0.29) is 24.1 Å². The molecule has 1 aromatic heterocycles. The van der Waals surface area contributed by atoms with E-state index in [0.29, 0.717) is 50.4 Å². The van der Waals surface area contributed by atoms with E-state index in [9.17, 15) is 14.0 Å². The van der Waals surface area contributed by atoms with Gasteiger partial charge in [0.05, 0.1) is 17.8 Å². The summed E-state index contributed by atoms with van der Waals surface area (Å²) in [5.74, 6) is -0.455. The molecule has 0 bridgehead atoms. The fourth-order valence-corrected chi connectivity index (χ4v) is 3.96. The van der Waals surface area contributed by atoms with Crippen molar-refractivity contribution in [2.45, 2.75) is 13.3 Å². The Morgan fingerprint density at radius 2 is 1.83 bits per heavy atom. The van der Waals surface area contributed by atoms with Crippen LogP contribution in [0.25, 0.3) is 11.3 Å². The molecule has 2 heterocycles. The molecule has 174 valence electrons. The van der Waals surface area contributed by atoms with Gasteiger partial charge in [-0.25, -0.2) is 14.4 Å². The van der Waals surface area contributed by atoms with Gasteiger partial charge in [-0.15, -0.1) is 0 Å². The highest BCUT2D eigenvalue weighted by Crippen LogP contribution is 2.34. The number of halogens is 2. The van der Waals surface area contributed by atoms with Gasteiger partial charge in [0, 0.05) is 39.3 Å². The number of rotatable bonds is 4. The first-order valence-corrected chi connectivity index (χ1v) is 11.1. The van der Waals surface area contributed by atoms with E-state index in [2.05, 4.69) is 25.9 Å². The van der Waals surface area contributed by atoms with E-state index in [1.807, 2.05) is 6.07 Å². The van der Waals surface area contributed by atoms with Crippen molar-refractivity contribution in [2.24, 2.45) is 0 Å². The van der Waals surface area contributed by atoms with E-state index < -0.39 is 0 Å². The highest BCUT2D eigenvalue weighted by atomic mass is 35.5. The van der Waals surface area contributed by atoms with Crippen molar-refractivity contribution in [1.82, 2.24) is 9.97 Å². The number of nitrogens with one attached hydrogen (secondary N) is 3. The van der Waals surface area contributed by atoms with Crippen LogP contribution in [-0.2, 0) is 11.2 Å². The fraction of sp³-hybridized carbons (Fsp3) is 0.0769. The van der Waals surface area contributed by atoms with Gasteiger partial charge in [0.1, 0.15) is 5.82 Å². The predicted molar refractivity (Wildman–Crippen MR) is 134 cm³/mol. The van der Waals surface area contributed by atoms with Crippen LogP contribution in [0.2, 0.25) is 5.02 Å². The third-order valence-electron chi connectivity index (χ3n) is 5.55. The number of hydrogen-bond acceptors (Lipinski definition) is 5. The fourth-order valence-electron chi connectivity index (χ4n) is 3.78. The van der Waals surface area contributed by atoms with Crippen molar-refractivity contribution in [3.05, 3.63) is 94.4 Å². The quantitative estimate of drug-likeness (QED) is 0.341. The Morgan fingerprint density at radius 1 is 1.06 bits per heavy atom. The van der Waals surface area contributed by atoms with Crippen molar-refractivity contribution in [1.29, 1.82) is 0 Å². The summed E-state index contributed by atoms with van der Waals surface area (Å²) in [6.45, 7) is 1.64. The number of carbonyl (C=O) groups is 2. The molecule has 2 amide bonds. The second-order valence-electron chi connectivity index (χ2n) is 8.10. The van der Waals surface area contributed by atoms with Crippen LogP contribution in [0.3, 0.4) is 0 Å². The number of amides is 2. The van der Waals surface area contributed by atoms with Gasteiger partial charge in [-0.2, -0.15) is 0 Å². The van der Waals surface area contributed by atoms with Crippen molar-refractivity contribution in [3.8, 4) is 11.3 Å². The van der Waals surface area contributed by atoms with E-state index in [4.69, 9.17) is 11.6 Å². The topological polar surface area (TPSA) is 96.0 Å². The van der Waals surface area contributed by atoms with Gasteiger partial charge in [0.2, 0.25) is 11.9 Å². The summed E-state index contributed by atoms with van der Waals surface area (Å²) < 4.78 is 13.4. The molecule has 35 heavy (non-hydrogen) atoms. The number of benzene rings is 3. The van der Waals surface area contributed by atoms with Crippen LogP contribution < -0.4 is 16.0 Å². The molecule has 0 atom stereocenters. The molecule has 0 spiro atoms. The van der Waals surface area contributed by atoms with Crippen molar-refractivity contribution >= 4 is 46.4 Å². The van der Waals surface area contributed by atoms with E-state index >= 15 is 0 Å². The third-order valence-corrected chi connectivity index (χ3v) is 5.78. The van der Waals surface area contributed by atoms with Crippen LogP contribution in [0.15, 0.2) is 66.9 Å². The third kappa shape index (κ3) is 4.83. The van der Waals surface area contributed by atoms with Gasteiger partial charge >= 0.3 is 0 Å². The Bertz CT molecular complexity index is 1470. The Morgan fingerprint density at radius 3 is 2.60 bits per heavy atom. The zero-order chi connectivity index (χ0) is 24.5. The molecule has 0 saturated carbocycles. The van der Waals surface area contributed by atoms with Gasteiger partial charge in [-0.1, -0.05) is 11.6 Å². The number of carbonyl (C=O) groups excluding carboxylic acids is 2. The molecule has 0 aliphatic carbocycles. The Hall–Kier alpha value is -4.30. The average molecular weight is 488 g/mol. The summed E-state index contributed by atoms with van der Waals surface area (Å²) in [5.41, 5.74) is 4.78. The summed E-state index contributed by atoms with van der Waals surface area (Å²) >= 11 is 6.10. The van der Waals surface area contributed by atoms with Gasteiger partial charge in [0.15, 0.2) is 0 Å². The number of aromatic nitrogens is 2. The van der Waals surface area contributed by atoms with Crippen LogP contribution in [0.5, 0.6) is 0 Å². The van der Waals surface area contributed by atoms with Gasteiger partial charge in [-0.05, 0) is 73.2 Å². The molecule has 0 radical (unpaired) electrons. The largest absolute Gasteiger partial charge is 0.325 e. The zero-order valence-electron chi connectivity index (χ0n) is 18.5. The summed E-state index contributed by atoms with van der Waals surface area (Å²) in [6.07, 6.45) is 1.78. The summed E-state index contributed by atoms with van der Waals surface area (Å²) in [6, 6.07) is 16.5. The lowest BCUT2D eigenvalue weighted by atomic mass is 10.1. The smallest absolute Gasteiger partial charge is 0.255 e. The number of nitrogens with zero attached hydrogens (tertiary/aromatic N) is 2. The number of fused-ring (bicyclic) bond motifs is 3. The number of anilines is 4. The van der Waals surface area contributed by atoms with Crippen LogP contribution >= 0.6 is 11.6 Å². The van der Waals surface area contributed by atoms with Crippen molar-refractivity contribution in [3.63, 3.8) is 0 Å². The number of hydrogen-bond donors (Lipinski definition) is 3. The molecule has 0 unspecified atom stereocenters. The van der Waals surface area contributed by atoms with Crippen LogP contribution in [0, 0.1) is 12.7 Å². The first-order valence-electron chi connectivity index (χ1n) is 10.8. The molecule has 4 aromatic rings. The maximum absolute atomic E-state index is 13.4. The van der Waals surface area contributed by atoms with Crippen LogP contribution in [-0.4, -0.2) is 21.8 Å². The lowest BCUT2D eigenvalue weighted by molar-refractivity contribution is -0.115. The second kappa shape index (κ2) is 9.15. The Balaban J connectivity index is 1.35. The maximum atomic E-state index is 13.4. The van der Waals surface area contributed by atoms with Crippen LogP contribution in [0.4, 0.5) is 27.4 Å². The SMILES string of the molecule is Cc1cc(NC(=O)c2ccc(Nc3ncc4c(n3)-c3ccc(Cl)cc3NC(=O)C4)cc2)ccc1F. The van der Waals surface area contributed by atoms with Crippen LogP contribution in [0.1, 0.15) is 21.5 Å². The highest BCUT2D eigenvalue weighted by Gasteiger charge is 2.21. The first kappa shape index (κ1) is 22.5. The minimum atomic E-state index is -0.325. The first-order chi connectivity index (χ1) is 16.9. The molecular formula is C26H19ClFN5O2. The summed E-state index contributed by atoms with van der Waals surface area (Å²) in [7, 11) is 0. The molecule has 9 heteroatoms. The molecule has 0 saturated heterocycles. The lowest BCUT2D eigenvalue weighted by Crippen LogP contribution is -2.13. The molecular weight excluding hydrogens is 469 g/mol. The summed E-state index contributed by atoms with van der Waals surface area (Å²) in [5, 5.41) is 9.25. The van der Waals surface area contributed by atoms with Gasteiger partial charge < -0.3 is 16.0 Å². The average Bonchev–Trinajstić information content (AvgIpc) is 2.96. The zero-order valence-corrected chi connectivity index (χ0v) is 19.3. The Labute approximate surface area is 205 Å². The van der Waals surface area contributed by atoms with Crippen molar-refractivity contribution < 1.29 is 14.0 Å². The Kier molecular flexibility index (Phi) is 5.88. The minimum Gasteiger partial charge on any atom is -0.325 e. The maximum Gasteiger partial charge on any atom is 0.255 e. The summed E-state index contributed by atoms with van der Waals surface area (Å²) in [4.78, 5) is 33.8. The monoisotopic (exact) mass is 487 g/mol. The molecule has 7 nitrogen and oxygen atoms in total. The van der Waals surface area contributed by atoms with Crippen molar-refractivity contribution in [2.75, 3.05) is 16.0 Å². The molecule has 5 rings (SSSR count). The van der Waals surface area contributed by atoms with E-state index in [1.165, 1.54) is 12.1 Å². The predicted octanol–water partition coefficient (Wildman–Crippen LogP) is 5.74. The molecule has 3 N–H and O–H groups in total. The second-order valence-corrected chi connectivity index (χ2v) is 8.54. The molecule has 1 aliphatic rings. The van der Waals surface area contributed by atoms with E-state index in [0.717, 1.165) is 5.56 Å². The van der Waals surface area contributed by atoms with Gasteiger partial charge in [-0.3, -0.25) is 9.59 Å². The lowest BCUT2D eigenvalue weighted by Gasteiger charge is -2.11. The normalized spacial score (nSPS) is 12.1.